The first-order valence-electron chi connectivity index (χ1n) is 12.9. The quantitative estimate of drug-likeness (QED) is 0.374. The molecule has 2 unspecified atom stereocenters. The Kier molecular flexibility index (Phi) is 7.42. The van der Waals surface area contributed by atoms with Gasteiger partial charge < -0.3 is 25.8 Å². The molecule has 0 aliphatic heterocycles. The second-order valence-electron chi connectivity index (χ2n) is 9.74. The summed E-state index contributed by atoms with van der Waals surface area (Å²) >= 11 is 0. The van der Waals surface area contributed by atoms with Crippen LogP contribution in [0.5, 0.6) is 5.75 Å². The standard InChI is InChI=1S/C27H30N8O4/c1-38-22-9-4-3-8-21(22)35-14-17(20(13-28)34-35)16-6-5-7-18(25(16)39-2)30-19-12-23(31-27(37)15-10-11-15)32-33-24(19)26(29)36/h5-7,12,14-15,21-22H,3-4,8-11H2,1-2H3,(H2,29,36)(H2,30,31,32,37). The van der Waals surface area contributed by atoms with Crippen molar-refractivity contribution in [3.8, 4) is 22.9 Å². The number of hydrogen-bond donors (Lipinski definition) is 3. The number of nitrogens with two attached hydrogens (primary N) is 1. The van der Waals surface area contributed by atoms with Gasteiger partial charge in [0.15, 0.2) is 17.2 Å². The zero-order chi connectivity index (χ0) is 27.5. The maximum absolute atomic E-state index is 12.2. The summed E-state index contributed by atoms with van der Waals surface area (Å²) in [6, 6.07) is 9.13. The molecule has 1 aromatic carbocycles. The summed E-state index contributed by atoms with van der Waals surface area (Å²) in [5.74, 6) is -0.331. The minimum absolute atomic E-state index is 0.0222. The number of rotatable bonds is 9. The van der Waals surface area contributed by atoms with E-state index in [1.54, 1.807) is 19.2 Å². The van der Waals surface area contributed by atoms with Crippen molar-refractivity contribution >= 4 is 29.0 Å². The average Bonchev–Trinajstić information content (AvgIpc) is 3.72. The number of para-hydroxylation sites is 1. The number of carbonyl (C=O) groups excluding carboxylic acids is 2. The maximum Gasteiger partial charge on any atom is 0.271 e. The van der Waals surface area contributed by atoms with Gasteiger partial charge in [-0.1, -0.05) is 25.0 Å². The molecular formula is C27H30N8O4. The van der Waals surface area contributed by atoms with Crippen molar-refractivity contribution in [1.29, 1.82) is 5.26 Å². The molecule has 3 aromatic rings. The number of carbonyl (C=O) groups is 2. The summed E-state index contributed by atoms with van der Waals surface area (Å²) in [6.45, 7) is 0. The minimum atomic E-state index is -0.784. The molecule has 12 nitrogen and oxygen atoms in total. The lowest BCUT2D eigenvalue weighted by molar-refractivity contribution is -0.117. The van der Waals surface area contributed by atoms with Crippen molar-refractivity contribution in [1.82, 2.24) is 20.0 Å². The van der Waals surface area contributed by atoms with E-state index in [-0.39, 0.29) is 46.9 Å². The van der Waals surface area contributed by atoms with E-state index < -0.39 is 5.91 Å². The van der Waals surface area contributed by atoms with Crippen molar-refractivity contribution in [2.75, 3.05) is 24.9 Å². The number of anilines is 3. The molecule has 202 valence electrons. The summed E-state index contributed by atoms with van der Waals surface area (Å²) < 4.78 is 13.3. The highest BCUT2D eigenvalue weighted by Gasteiger charge is 2.31. The van der Waals surface area contributed by atoms with Crippen molar-refractivity contribution in [3.63, 3.8) is 0 Å². The van der Waals surface area contributed by atoms with Crippen LogP contribution in [0.1, 0.15) is 60.7 Å². The average molecular weight is 531 g/mol. The van der Waals surface area contributed by atoms with Crippen LogP contribution in [0.2, 0.25) is 0 Å². The van der Waals surface area contributed by atoms with E-state index in [2.05, 4.69) is 32.0 Å². The van der Waals surface area contributed by atoms with E-state index in [9.17, 15) is 14.9 Å². The van der Waals surface area contributed by atoms with Gasteiger partial charge in [-0.3, -0.25) is 14.3 Å². The summed E-state index contributed by atoms with van der Waals surface area (Å²) in [6.07, 6.45) is 7.56. The number of ether oxygens (including phenoxy) is 2. The van der Waals surface area contributed by atoms with Crippen LogP contribution >= 0.6 is 0 Å². The third kappa shape index (κ3) is 5.39. The van der Waals surface area contributed by atoms with Crippen molar-refractivity contribution in [2.45, 2.75) is 50.7 Å². The molecule has 0 spiro atoms. The van der Waals surface area contributed by atoms with Gasteiger partial charge in [0.1, 0.15) is 11.8 Å². The number of methoxy groups -OCH3 is 2. The Labute approximate surface area is 225 Å². The number of primary amides is 1. The number of hydrogen-bond acceptors (Lipinski definition) is 9. The lowest BCUT2D eigenvalue weighted by Crippen LogP contribution is -2.29. The van der Waals surface area contributed by atoms with E-state index >= 15 is 0 Å². The minimum Gasteiger partial charge on any atom is -0.494 e. The highest BCUT2D eigenvalue weighted by atomic mass is 16.5. The van der Waals surface area contributed by atoms with E-state index in [0.717, 1.165) is 38.5 Å². The Bertz CT molecular complexity index is 1440. The van der Waals surface area contributed by atoms with Crippen molar-refractivity contribution < 1.29 is 19.1 Å². The number of aromatic nitrogens is 4. The molecule has 0 bridgehead atoms. The molecule has 2 aromatic heterocycles. The monoisotopic (exact) mass is 530 g/mol. The molecule has 5 rings (SSSR count). The van der Waals surface area contributed by atoms with Gasteiger partial charge in [0.25, 0.3) is 5.91 Å². The first kappa shape index (κ1) is 26.1. The largest absolute Gasteiger partial charge is 0.494 e. The summed E-state index contributed by atoms with van der Waals surface area (Å²) in [5.41, 5.74) is 7.71. The van der Waals surface area contributed by atoms with Crippen LogP contribution in [0.15, 0.2) is 30.5 Å². The molecule has 0 radical (unpaired) electrons. The Morgan fingerprint density at radius 1 is 1.10 bits per heavy atom. The second kappa shape index (κ2) is 11.1. The smallest absolute Gasteiger partial charge is 0.271 e. The van der Waals surface area contributed by atoms with Crippen molar-refractivity contribution in [3.05, 3.63) is 41.9 Å². The zero-order valence-electron chi connectivity index (χ0n) is 21.8. The van der Waals surface area contributed by atoms with Crippen LogP contribution in [-0.4, -0.2) is 52.1 Å². The van der Waals surface area contributed by atoms with Crippen LogP contribution in [0.25, 0.3) is 11.1 Å². The summed E-state index contributed by atoms with van der Waals surface area (Å²) in [7, 11) is 3.22. The van der Waals surface area contributed by atoms with Gasteiger partial charge in [0, 0.05) is 36.4 Å². The molecular weight excluding hydrogens is 500 g/mol. The van der Waals surface area contributed by atoms with Crippen molar-refractivity contribution in [2.24, 2.45) is 11.7 Å². The third-order valence-electron chi connectivity index (χ3n) is 7.15. The predicted octanol–water partition coefficient (Wildman–Crippen LogP) is 3.54. The van der Waals surface area contributed by atoms with Gasteiger partial charge in [-0.25, -0.2) is 0 Å². The number of nitrogens with one attached hydrogen (secondary N) is 2. The van der Waals surface area contributed by atoms with E-state index in [1.165, 1.54) is 13.2 Å². The fourth-order valence-electron chi connectivity index (χ4n) is 5.01. The van der Waals surface area contributed by atoms with Gasteiger partial charge >= 0.3 is 0 Å². The van der Waals surface area contributed by atoms with Gasteiger partial charge in [0.2, 0.25) is 5.91 Å². The topological polar surface area (TPSA) is 170 Å². The van der Waals surface area contributed by atoms with E-state index in [4.69, 9.17) is 15.2 Å². The lowest BCUT2D eigenvalue weighted by atomic mass is 9.92. The van der Waals surface area contributed by atoms with Crippen LogP contribution in [0.4, 0.5) is 17.2 Å². The van der Waals surface area contributed by atoms with Crippen LogP contribution < -0.4 is 21.1 Å². The number of benzene rings is 1. The lowest BCUT2D eigenvalue weighted by Gasteiger charge is -2.30. The first-order chi connectivity index (χ1) is 18.9. The molecule has 2 atom stereocenters. The Morgan fingerprint density at radius 2 is 1.90 bits per heavy atom. The van der Waals surface area contributed by atoms with Crippen LogP contribution in [0.3, 0.4) is 0 Å². The van der Waals surface area contributed by atoms with Gasteiger partial charge in [-0.05, 0) is 31.7 Å². The summed E-state index contributed by atoms with van der Waals surface area (Å²) in [4.78, 5) is 24.3. The Balaban J connectivity index is 1.51. The molecule has 2 amide bonds. The fourth-order valence-corrected chi connectivity index (χ4v) is 5.01. The molecule has 12 heteroatoms. The van der Waals surface area contributed by atoms with Gasteiger partial charge in [0.05, 0.1) is 30.6 Å². The fraction of sp³-hybridized carbons (Fsp3) is 0.407. The second-order valence-corrected chi connectivity index (χ2v) is 9.74. The van der Waals surface area contributed by atoms with Crippen LogP contribution in [0, 0.1) is 17.2 Å². The van der Waals surface area contributed by atoms with E-state index in [0.29, 0.717) is 22.6 Å². The number of amides is 2. The molecule has 2 heterocycles. The maximum atomic E-state index is 12.2. The third-order valence-corrected chi connectivity index (χ3v) is 7.15. The number of nitriles is 1. The highest BCUT2D eigenvalue weighted by Crippen LogP contribution is 2.41. The van der Waals surface area contributed by atoms with Crippen LogP contribution in [-0.2, 0) is 9.53 Å². The summed E-state index contributed by atoms with van der Waals surface area (Å²) in [5, 5.41) is 28.2. The Morgan fingerprint density at radius 3 is 2.59 bits per heavy atom. The molecule has 2 fully saturated rings. The van der Waals surface area contributed by atoms with E-state index in [1.807, 2.05) is 16.9 Å². The number of nitrogens with zero attached hydrogens (tertiary/aromatic N) is 5. The Hall–Kier alpha value is -4.50. The molecule has 2 aliphatic carbocycles. The zero-order valence-corrected chi connectivity index (χ0v) is 21.8. The molecule has 2 aliphatic rings. The SMILES string of the molecule is COc1c(Nc2cc(NC(=O)C3CC3)nnc2C(N)=O)cccc1-c1cn(C2CCCCC2OC)nc1C#N. The molecule has 2 saturated carbocycles. The van der Waals surface area contributed by atoms with Gasteiger partial charge in [-0.15, -0.1) is 10.2 Å². The molecule has 4 N–H and O–H groups in total. The first-order valence-corrected chi connectivity index (χ1v) is 12.9. The predicted molar refractivity (Wildman–Crippen MR) is 142 cm³/mol. The molecule has 0 saturated heterocycles. The normalized spacial score (nSPS) is 18.7. The van der Waals surface area contributed by atoms with Gasteiger partial charge in [-0.2, -0.15) is 10.4 Å². The molecule has 39 heavy (non-hydrogen) atoms. The highest BCUT2D eigenvalue weighted by molar-refractivity contribution is 5.99.